The molecule has 0 saturated carbocycles. The van der Waals surface area contributed by atoms with Gasteiger partial charge in [0.2, 0.25) is 0 Å². The Labute approximate surface area is 84.4 Å². The molecule has 0 nitrogen and oxygen atoms in total. The van der Waals surface area contributed by atoms with Gasteiger partial charge in [0.05, 0.1) is 0 Å². The lowest BCUT2D eigenvalue weighted by molar-refractivity contribution is 0.515. The van der Waals surface area contributed by atoms with Gasteiger partial charge >= 0.3 is 0 Å². The van der Waals surface area contributed by atoms with Gasteiger partial charge in [-0.2, -0.15) is 0 Å². The first-order valence-corrected chi connectivity index (χ1v) is 5.86. The maximum absolute atomic E-state index is 2.42. The van der Waals surface area contributed by atoms with Gasteiger partial charge in [-0.25, -0.2) is 0 Å². The highest BCUT2D eigenvalue weighted by Gasteiger charge is 1.98. The third kappa shape index (κ3) is 8.08. The highest BCUT2D eigenvalue weighted by Crippen LogP contribution is 2.14. The Kier molecular flexibility index (Phi) is 8.18. The molecule has 0 saturated heterocycles. The molecule has 0 aromatic carbocycles. The van der Waals surface area contributed by atoms with E-state index in [0.29, 0.717) is 0 Å². The topological polar surface area (TPSA) is 0 Å². The van der Waals surface area contributed by atoms with E-state index in [1.54, 1.807) is 5.57 Å². The van der Waals surface area contributed by atoms with Crippen LogP contribution in [0.2, 0.25) is 0 Å². The zero-order valence-electron chi connectivity index (χ0n) is 9.90. The average Bonchev–Trinajstić information content (AvgIpc) is 2.14. The van der Waals surface area contributed by atoms with Crippen LogP contribution in [0.1, 0.15) is 66.2 Å². The van der Waals surface area contributed by atoms with Gasteiger partial charge < -0.3 is 0 Å². The molecule has 0 amide bonds. The van der Waals surface area contributed by atoms with Crippen LogP contribution < -0.4 is 0 Å². The molecule has 0 aliphatic carbocycles. The van der Waals surface area contributed by atoms with Crippen molar-refractivity contribution in [2.45, 2.75) is 66.2 Å². The third-order valence-electron chi connectivity index (χ3n) is 2.78. The molecule has 0 fully saturated rings. The molecule has 1 atom stereocenters. The van der Waals surface area contributed by atoms with Crippen LogP contribution >= 0.6 is 0 Å². The van der Waals surface area contributed by atoms with E-state index in [4.69, 9.17) is 0 Å². The number of unbranched alkanes of at least 4 members (excludes halogenated alkanes) is 2. The number of hydrogen-bond donors (Lipinski definition) is 0. The summed E-state index contributed by atoms with van der Waals surface area (Å²) < 4.78 is 0. The van der Waals surface area contributed by atoms with Crippen LogP contribution in [0, 0.1) is 5.92 Å². The minimum Gasteiger partial charge on any atom is -0.0856 e. The second-order valence-corrected chi connectivity index (χ2v) is 4.24. The molecular weight excluding hydrogens is 156 g/mol. The quantitative estimate of drug-likeness (QED) is 0.386. The predicted octanol–water partition coefficient (Wildman–Crippen LogP) is 4.95. The molecular formula is C13H26. The lowest BCUT2D eigenvalue weighted by Gasteiger charge is -2.07. The summed E-state index contributed by atoms with van der Waals surface area (Å²) in [7, 11) is 0. The van der Waals surface area contributed by atoms with Gasteiger partial charge in [0.15, 0.2) is 0 Å². The van der Waals surface area contributed by atoms with E-state index < -0.39 is 0 Å². The van der Waals surface area contributed by atoms with Gasteiger partial charge in [-0.05, 0) is 32.1 Å². The zero-order valence-corrected chi connectivity index (χ0v) is 9.90. The lowest BCUT2D eigenvalue weighted by Crippen LogP contribution is -1.92. The number of allylic oxidation sites excluding steroid dienone is 2. The van der Waals surface area contributed by atoms with Crippen LogP contribution in [-0.2, 0) is 0 Å². The first kappa shape index (κ1) is 12.7. The van der Waals surface area contributed by atoms with Crippen molar-refractivity contribution in [2.75, 3.05) is 0 Å². The first-order chi connectivity index (χ1) is 6.20. The summed E-state index contributed by atoms with van der Waals surface area (Å²) in [6.45, 7) is 9.15. The van der Waals surface area contributed by atoms with E-state index in [2.05, 4.69) is 33.8 Å². The molecule has 0 aromatic rings. The Morgan fingerprint density at radius 3 is 2.54 bits per heavy atom. The molecule has 0 aromatic heterocycles. The van der Waals surface area contributed by atoms with Crippen molar-refractivity contribution in [3.8, 4) is 0 Å². The first-order valence-electron chi connectivity index (χ1n) is 5.86. The summed E-state index contributed by atoms with van der Waals surface area (Å²) in [6.07, 6.45) is 10.4. The number of rotatable bonds is 7. The van der Waals surface area contributed by atoms with Crippen LogP contribution in [0.15, 0.2) is 11.6 Å². The van der Waals surface area contributed by atoms with Gasteiger partial charge in [0, 0.05) is 0 Å². The van der Waals surface area contributed by atoms with Crippen LogP contribution in [0.3, 0.4) is 0 Å². The summed E-state index contributed by atoms with van der Waals surface area (Å²) in [4.78, 5) is 0. The molecule has 0 N–H and O–H groups in total. The van der Waals surface area contributed by atoms with Crippen LogP contribution in [0.25, 0.3) is 0 Å². The van der Waals surface area contributed by atoms with Gasteiger partial charge in [-0.3, -0.25) is 0 Å². The molecule has 0 heterocycles. The van der Waals surface area contributed by atoms with Crippen molar-refractivity contribution in [1.29, 1.82) is 0 Å². The van der Waals surface area contributed by atoms with Crippen LogP contribution in [0.5, 0.6) is 0 Å². The minimum atomic E-state index is 0.898. The van der Waals surface area contributed by atoms with Crippen molar-refractivity contribution < 1.29 is 0 Å². The third-order valence-corrected chi connectivity index (χ3v) is 2.78. The molecule has 0 radical (unpaired) electrons. The van der Waals surface area contributed by atoms with Crippen LogP contribution in [0.4, 0.5) is 0 Å². The molecule has 0 aliphatic heterocycles. The fourth-order valence-electron chi connectivity index (χ4n) is 1.33. The van der Waals surface area contributed by atoms with Gasteiger partial charge in [-0.15, -0.1) is 0 Å². The molecule has 0 bridgehead atoms. The smallest absolute Gasteiger partial charge is 0.0321 e. The molecule has 0 spiro atoms. The minimum absolute atomic E-state index is 0.898. The molecule has 0 heteroatoms. The molecule has 78 valence electrons. The predicted molar refractivity (Wildman–Crippen MR) is 62.0 cm³/mol. The molecule has 0 aliphatic rings. The largest absolute Gasteiger partial charge is 0.0856 e. The maximum Gasteiger partial charge on any atom is -0.0321 e. The highest BCUT2D eigenvalue weighted by atomic mass is 14.0. The maximum atomic E-state index is 2.42. The molecule has 1 unspecified atom stereocenters. The van der Waals surface area contributed by atoms with Crippen LogP contribution in [-0.4, -0.2) is 0 Å². The fraction of sp³-hybridized carbons (Fsp3) is 0.846. The van der Waals surface area contributed by atoms with Crippen molar-refractivity contribution in [1.82, 2.24) is 0 Å². The van der Waals surface area contributed by atoms with E-state index >= 15 is 0 Å². The zero-order chi connectivity index (χ0) is 10.1. The summed E-state index contributed by atoms with van der Waals surface area (Å²) >= 11 is 0. The molecule has 13 heavy (non-hydrogen) atoms. The number of hydrogen-bond acceptors (Lipinski definition) is 0. The lowest BCUT2D eigenvalue weighted by atomic mass is 9.99. The van der Waals surface area contributed by atoms with E-state index in [-0.39, 0.29) is 0 Å². The Balaban J connectivity index is 3.48. The highest BCUT2D eigenvalue weighted by molar-refractivity contribution is 4.97. The van der Waals surface area contributed by atoms with E-state index in [1.807, 2.05) is 0 Å². The average molecular weight is 182 g/mol. The van der Waals surface area contributed by atoms with E-state index in [1.165, 1.54) is 38.5 Å². The summed E-state index contributed by atoms with van der Waals surface area (Å²) in [5.74, 6) is 0.898. The summed E-state index contributed by atoms with van der Waals surface area (Å²) in [6, 6.07) is 0. The molecule has 0 rings (SSSR count). The summed E-state index contributed by atoms with van der Waals surface area (Å²) in [5.41, 5.74) is 1.59. The Bertz CT molecular complexity index is 133. The van der Waals surface area contributed by atoms with Crippen molar-refractivity contribution in [3.05, 3.63) is 11.6 Å². The van der Waals surface area contributed by atoms with E-state index in [9.17, 15) is 0 Å². The Morgan fingerprint density at radius 2 is 2.00 bits per heavy atom. The standard InChI is InChI=1S/C13H26/c1-5-7-8-9-13(4)11-10-12(3)6-2/h9,12H,5-8,10-11H2,1-4H3. The van der Waals surface area contributed by atoms with Gasteiger partial charge in [0.25, 0.3) is 0 Å². The van der Waals surface area contributed by atoms with Crippen molar-refractivity contribution in [3.63, 3.8) is 0 Å². The Hall–Kier alpha value is -0.260. The Morgan fingerprint density at radius 1 is 1.31 bits per heavy atom. The van der Waals surface area contributed by atoms with Crippen molar-refractivity contribution >= 4 is 0 Å². The van der Waals surface area contributed by atoms with Gasteiger partial charge in [-0.1, -0.05) is 51.7 Å². The second-order valence-electron chi connectivity index (χ2n) is 4.24. The SMILES string of the molecule is CCCCC=C(C)CCC(C)CC. The van der Waals surface area contributed by atoms with E-state index in [0.717, 1.165) is 5.92 Å². The monoisotopic (exact) mass is 182 g/mol. The fourth-order valence-corrected chi connectivity index (χ4v) is 1.33. The summed E-state index contributed by atoms with van der Waals surface area (Å²) in [5, 5.41) is 0. The van der Waals surface area contributed by atoms with Gasteiger partial charge in [0.1, 0.15) is 0 Å². The van der Waals surface area contributed by atoms with Crippen molar-refractivity contribution in [2.24, 2.45) is 5.92 Å². The normalized spacial score (nSPS) is 14.6. The second kappa shape index (κ2) is 8.34.